The minimum atomic E-state index is 0.0595. The van der Waals surface area contributed by atoms with E-state index in [9.17, 15) is 4.79 Å². The van der Waals surface area contributed by atoms with E-state index in [-0.39, 0.29) is 11.9 Å². The molecule has 0 aliphatic carbocycles. The summed E-state index contributed by atoms with van der Waals surface area (Å²) in [5.74, 6) is 0.742. The molecule has 1 amide bonds. The number of fused-ring (bicyclic) bond motifs is 1. The summed E-state index contributed by atoms with van der Waals surface area (Å²) in [5, 5.41) is 1.59. The Morgan fingerprint density at radius 3 is 2.90 bits per heavy atom. The summed E-state index contributed by atoms with van der Waals surface area (Å²) in [5.41, 5.74) is 6.77. The second-order valence-electron chi connectivity index (χ2n) is 5.96. The number of carbonyl (C=O) groups excluding carboxylic acids is 1. The molecule has 3 nitrogen and oxygen atoms in total. The number of amides is 1. The molecule has 5 heteroatoms. The van der Waals surface area contributed by atoms with Gasteiger partial charge in [0.15, 0.2) is 0 Å². The maximum atomic E-state index is 12.8. The molecule has 1 aromatic heterocycles. The summed E-state index contributed by atoms with van der Waals surface area (Å²) in [6.07, 6.45) is 2.12. The van der Waals surface area contributed by atoms with Crippen LogP contribution in [0.2, 0.25) is 5.02 Å². The van der Waals surface area contributed by atoms with Gasteiger partial charge in [-0.25, -0.2) is 0 Å². The second-order valence-corrected chi connectivity index (χ2v) is 7.45. The lowest BCUT2D eigenvalue weighted by molar-refractivity contribution is 0.0594. The summed E-state index contributed by atoms with van der Waals surface area (Å²) in [6.45, 7) is 5.18. The number of rotatable bonds is 1. The number of anilines is 1. The zero-order valence-electron chi connectivity index (χ0n) is 12.2. The van der Waals surface area contributed by atoms with E-state index in [2.05, 4.69) is 13.8 Å². The fraction of sp³-hybridized carbons (Fsp3) is 0.438. The molecule has 1 saturated heterocycles. The molecule has 112 valence electrons. The van der Waals surface area contributed by atoms with Crippen molar-refractivity contribution in [3.05, 3.63) is 28.1 Å². The Hall–Kier alpha value is -1.26. The standard InChI is InChI=1S/C16H19ClN2OS/c1-9-5-6-19(10(2)7-9)16(20)15-14(18)12-4-3-11(17)8-13(12)21-15/h3-4,8-10H,5-7,18H2,1-2H3. The third-order valence-corrected chi connectivity index (χ3v) is 5.68. The van der Waals surface area contributed by atoms with Gasteiger partial charge in [-0.2, -0.15) is 0 Å². The number of thiophene rings is 1. The van der Waals surface area contributed by atoms with Crippen LogP contribution < -0.4 is 5.73 Å². The molecule has 1 fully saturated rings. The Labute approximate surface area is 133 Å². The minimum absolute atomic E-state index is 0.0595. The van der Waals surface area contributed by atoms with E-state index in [1.54, 1.807) is 0 Å². The summed E-state index contributed by atoms with van der Waals surface area (Å²) < 4.78 is 0.974. The zero-order valence-corrected chi connectivity index (χ0v) is 13.8. The number of halogens is 1. The first-order valence-corrected chi connectivity index (χ1v) is 8.45. The fourth-order valence-electron chi connectivity index (χ4n) is 3.09. The van der Waals surface area contributed by atoms with Crippen molar-refractivity contribution >= 4 is 44.6 Å². The molecule has 0 spiro atoms. The van der Waals surface area contributed by atoms with Gasteiger partial charge in [0.05, 0.1) is 5.69 Å². The lowest BCUT2D eigenvalue weighted by Crippen LogP contribution is -2.44. The molecule has 1 aliphatic heterocycles. The minimum Gasteiger partial charge on any atom is -0.397 e. The monoisotopic (exact) mass is 322 g/mol. The van der Waals surface area contributed by atoms with Gasteiger partial charge in [0.25, 0.3) is 5.91 Å². The van der Waals surface area contributed by atoms with Gasteiger partial charge in [0.2, 0.25) is 0 Å². The Morgan fingerprint density at radius 1 is 1.43 bits per heavy atom. The first-order chi connectivity index (χ1) is 9.97. The second kappa shape index (κ2) is 5.50. The van der Waals surface area contributed by atoms with Gasteiger partial charge in [0.1, 0.15) is 4.88 Å². The predicted octanol–water partition coefficient (Wildman–Crippen LogP) is 4.40. The van der Waals surface area contributed by atoms with Crippen LogP contribution in [0.4, 0.5) is 5.69 Å². The molecule has 2 unspecified atom stereocenters. The Balaban J connectivity index is 1.96. The lowest BCUT2D eigenvalue weighted by atomic mass is 9.93. The Kier molecular flexibility index (Phi) is 3.84. The number of carbonyl (C=O) groups is 1. The molecule has 0 bridgehead atoms. The number of hydrogen-bond acceptors (Lipinski definition) is 3. The van der Waals surface area contributed by atoms with E-state index in [1.165, 1.54) is 11.3 Å². The highest BCUT2D eigenvalue weighted by atomic mass is 35.5. The molecule has 1 aliphatic rings. The van der Waals surface area contributed by atoms with Crippen molar-refractivity contribution in [1.82, 2.24) is 4.90 Å². The van der Waals surface area contributed by atoms with E-state index in [4.69, 9.17) is 17.3 Å². The van der Waals surface area contributed by atoms with Gasteiger partial charge >= 0.3 is 0 Å². The van der Waals surface area contributed by atoms with E-state index in [0.29, 0.717) is 21.5 Å². The highest BCUT2D eigenvalue weighted by molar-refractivity contribution is 7.21. The summed E-state index contributed by atoms with van der Waals surface area (Å²) in [6, 6.07) is 5.85. The lowest BCUT2D eigenvalue weighted by Gasteiger charge is -2.36. The molecule has 3 rings (SSSR count). The van der Waals surface area contributed by atoms with Crippen molar-refractivity contribution in [3.8, 4) is 0 Å². The van der Waals surface area contributed by atoms with Gasteiger partial charge in [0, 0.05) is 27.7 Å². The quantitative estimate of drug-likeness (QED) is 0.846. The van der Waals surface area contributed by atoms with Crippen LogP contribution in [0.1, 0.15) is 36.4 Å². The van der Waals surface area contributed by atoms with Crippen molar-refractivity contribution in [3.63, 3.8) is 0 Å². The van der Waals surface area contributed by atoms with E-state index >= 15 is 0 Å². The highest BCUT2D eigenvalue weighted by Gasteiger charge is 2.29. The van der Waals surface area contributed by atoms with Crippen LogP contribution in [-0.4, -0.2) is 23.4 Å². The van der Waals surface area contributed by atoms with Crippen LogP contribution in [0.3, 0.4) is 0 Å². The molecule has 2 atom stereocenters. The highest BCUT2D eigenvalue weighted by Crippen LogP contribution is 2.37. The number of hydrogen-bond donors (Lipinski definition) is 1. The van der Waals surface area contributed by atoms with Crippen molar-refractivity contribution in [2.75, 3.05) is 12.3 Å². The van der Waals surface area contributed by atoms with Crippen LogP contribution >= 0.6 is 22.9 Å². The average Bonchev–Trinajstić information content (AvgIpc) is 2.75. The van der Waals surface area contributed by atoms with E-state index in [0.717, 1.165) is 29.5 Å². The molecule has 1 aromatic carbocycles. The smallest absolute Gasteiger partial charge is 0.266 e. The third-order valence-electron chi connectivity index (χ3n) is 4.28. The molecule has 21 heavy (non-hydrogen) atoms. The number of nitrogens with two attached hydrogens (primary N) is 1. The Bertz CT molecular complexity index is 697. The van der Waals surface area contributed by atoms with Crippen LogP contribution in [0.25, 0.3) is 10.1 Å². The predicted molar refractivity (Wildman–Crippen MR) is 90.1 cm³/mol. The maximum absolute atomic E-state index is 12.8. The Morgan fingerprint density at radius 2 is 2.19 bits per heavy atom. The molecule has 2 N–H and O–H groups in total. The summed E-state index contributed by atoms with van der Waals surface area (Å²) in [4.78, 5) is 15.4. The van der Waals surface area contributed by atoms with Crippen molar-refractivity contribution < 1.29 is 4.79 Å². The van der Waals surface area contributed by atoms with Crippen molar-refractivity contribution in [1.29, 1.82) is 0 Å². The van der Waals surface area contributed by atoms with Gasteiger partial charge in [-0.15, -0.1) is 11.3 Å². The average molecular weight is 323 g/mol. The fourth-order valence-corrected chi connectivity index (χ4v) is 4.44. The van der Waals surface area contributed by atoms with Gasteiger partial charge in [-0.3, -0.25) is 4.79 Å². The first kappa shape index (κ1) is 14.7. The van der Waals surface area contributed by atoms with Crippen molar-refractivity contribution in [2.45, 2.75) is 32.7 Å². The summed E-state index contributed by atoms with van der Waals surface area (Å²) >= 11 is 7.46. The molecular formula is C16H19ClN2OS. The number of piperidine rings is 1. The SMILES string of the molecule is CC1CCN(C(=O)c2sc3cc(Cl)ccc3c2N)C(C)C1. The van der Waals surface area contributed by atoms with E-state index in [1.807, 2.05) is 23.1 Å². The van der Waals surface area contributed by atoms with Gasteiger partial charge in [-0.1, -0.05) is 18.5 Å². The molecular weight excluding hydrogens is 304 g/mol. The molecule has 0 radical (unpaired) electrons. The van der Waals surface area contributed by atoms with Crippen molar-refractivity contribution in [2.24, 2.45) is 5.92 Å². The largest absolute Gasteiger partial charge is 0.397 e. The van der Waals surface area contributed by atoms with Crippen LogP contribution in [0.5, 0.6) is 0 Å². The number of nitrogens with zero attached hydrogens (tertiary/aromatic N) is 1. The number of benzene rings is 1. The third kappa shape index (κ3) is 2.62. The van der Waals surface area contributed by atoms with E-state index < -0.39 is 0 Å². The van der Waals surface area contributed by atoms with Crippen LogP contribution in [0.15, 0.2) is 18.2 Å². The topological polar surface area (TPSA) is 46.3 Å². The van der Waals surface area contributed by atoms with Crippen LogP contribution in [-0.2, 0) is 0 Å². The number of likely N-dealkylation sites (tertiary alicyclic amines) is 1. The van der Waals surface area contributed by atoms with Gasteiger partial charge < -0.3 is 10.6 Å². The number of nitrogen functional groups attached to an aromatic ring is 1. The van der Waals surface area contributed by atoms with Crippen LogP contribution in [0, 0.1) is 5.92 Å². The molecule has 0 saturated carbocycles. The zero-order chi connectivity index (χ0) is 15.1. The normalized spacial score (nSPS) is 22.7. The molecule has 2 heterocycles. The first-order valence-electron chi connectivity index (χ1n) is 7.26. The van der Waals surface area contributed by atoms with Gasteiger partial charge in [-0.05, 0) is 43.9 Å². The molecule has 2 aromatic rings. The maximum Gasteiger partial charge on any atom is 0.266 e. The summed E-state index contributed by atoms with van der Waals surface area (Å²) in [7, 11) is 0.